The van der Waals surface area contributed by atoms with E-state index in [9.17, 15) is 4.79 Å². The third-order valence-electron chi connectivity index (χ3n) is 5.17. The number of nitrogens with zero attached hydrogens (tertiary/aromatic N) is 1. The highest BCUT2D eigenvalue weighted by molar-refractivity contribution is 6.30. The molecule has 1 fully saturated rings. The van der Waals surface area contributed by atoms with Crippen LogP contribution in [0.4, 0.5) is 0 Å². The van der Waals surface area contributed by atoms with Gasteiger partial charge in [-0.15, -0.1) is 0 Å². The van der Waals surface area contributed by atoms with Gasteiger partial charge >= 0.3 is 5.97 Å². The van der Waals surface area contributed by atoms with Gasteiger partial charge in [-0.25, -0.2) is 0 Å². The topological polar surface area (TPSA) is 38.8 Å². The van der Waals surface area contributed by atoms with Gasteiger partial charge < -0.3 is 9.47 Å². The van der Waals surface area contributed by atoms with E-state index in [-0.39, 0.29) is 5.97 Å². The maximum absolute atomic E-state index is 12.8. The molecule has 2 aromatic carbocycles. The fourth-order valence-electron chi connectivity index (χ4n) is 3.64. The Hall–Kier alpha value is -2.04. The predicted molar refractivity (Wildman–Crippen MR) is 107 cm³/mol. The van der Waals surface area contributed by atoms with Crippen molar-refractivity contribution in [2.75, 3.05) is 32.8 Å². The molecule has 0 spiro atoms. The number of hydrogen-bond donors (Lipinski definition) is 0. The number of carbonyl (C=O) groups excluding carboxylic acids is 1. The number of benzene rings is 2. The maximum atomic E-state index is 12.8. The molecular weight excluding hydrogens is 362 g/mol. The highest BCUT2D eigenvalue weighted by Gasteiger charge is 2.44. The summed E-state index contributed by atoms with van der Waals surface area (Å²) in [5.41, 5.74) is 0.514. The number of ether oxygens (including phenoxy) is 2. The number of esters is 1. The molecule has 144 valence electrons. The van der Waals surface area contributed by atoms with Crippen molar-refractivity contribution in [1.82, 2.24) is 4.90 Å². The number of carbonyl (C=O) groups is 1. The second-order valence-electron chi connectivity index (χ2n) is 6.82. The Labute approximate surface area is 166 Å². The van der Waals surface area contributed by atoms with Crippen LogP contribution in [-0.2, 0) is 14.9 Å². The van der Waals surface area contributed by atoms with Crippen molar-refractivity contribution in [3.8, 4) is 5.75 Å². The van der Waals surface area contributed by atoms with Gasteiger partial charge in [-0.1, -0.05) is 48.0 Å². The van der Waals surface area contributed by atoms with Crippen molar-refractivity contribution in [2.45, 2.75) is 25.2 Å². The van der Waals surface area contributed by atoms with Gasteiger partial charge in [0.2, 0.25) is 0 Å². The molecule has 1 heterocycles. The van der Waals surface area contributed by atoms with Crippen molar-refractivity contribution >= 4 is 17.6 Å². The molecule has 4 nitrogen and oxygen atoms in total. The molecule has 0 atom stereocenters. The van der Waals surface area contributed by atoms with Gasteiger partial charge in [0.15, 0.2) is 0 Å². The summed E-state index contributed by atoms with van der Waals surface area (Å²) in [6.07, 6.45) is 1.51. The summed E-state index contributed by atoms with van der Waals surface area (Å²) in [4.78, 5) is 15.1. The zero-order chi connectivity index (χ0) is 19.1. The van der Waals surface area contributed by atoms with E-state index in [4.69, 9.17) is 21.1 Å². The summed E-state index contributed by atoms with van der Waals surface area (Å²) in [5, 5.41) is 0.674. The summed E-state index contributed by atoms with van der Waals surface area (Å²) >= 11 is 5.98. The van der Waals surface area contributed by atoms with Crippen LogP contribution in [0.1, 0.15) is 25.3 Å². The molecule has 0 unspecified atom stereocenters. The molecular formula is C22H26ClNO3. The quantitative estimate of drug-likeness (QED) is 0.663. The number of hydrogen-bond acceptors (Lipinski definition) is 4. The summed E-state index contributed by atoms with van der Waals surface area (Å²) in [7, 11) is 0. The van der Waals surface area contributed by atoms with Crippen LogP contribution in [0.25, 0.3) is 0 Å². The Balaban J connectivity index is 1.58. The van der Waals surface area contributed by atoms with Gasteiger partial charge in [0, 0.05) is 11.6 Å². The van der Waals surface area contributed by atoms with Gasteiger partial charge in [0.05, 0.1) is 12.0 Å². The Morgan fingerprint density at radius 3 is 2.52 bits per heavy atom. The minimum atomic E-state index is -0.540. The van der Waals surface area contributed by atoms with Gasteiger partial charge in [-0.3, -0.25) is 9.69 Å². The monoisotopic (exact) mass is 387 g/mol. The number of piperidine rings is 1. The number of halogens is 1. The molecule has 0 N–H and O–H groups in total. The Kier molecular flexibility index (Phi) is 6.75. The zero-order valence-electron chi connectivity index (χ0n) is 15.7. The molecule has 1 saturated heterocycles. The Morgan fingerprint density at radius 2 is 1.85 bits per heavy atom. The lowest BCUT2D eigenvalue weighted by Gasteiger charge is -2.40. The second kappa shape index (κ2) is 9.25. The summed E-state index contributed by atoms with van der Waals surface area (Å²) in [5.74, 6) is 0.677. The van der Waals surface area contributed by atoms with Crippen LogP contribution in [0, 0.1) is 0 Å². The van der Waals surface area contributed by atoms with Crippen LogP contribution in [0.3, 0.4) is 0 Å². The van der Waals surface area contributed by atoms with E-state index in [2.05, 4.69) is 4.90 Å². The van der Waals surface area contributed by atoms with Crippen LogP contribution >= 0.6 is 11.6 Å². The van der Waals surface area contributed by atoms with E-state index in [1.807, 2.05) is 61.5 Å². The maximum Gasteiger partial charge on any atom is 0.316 e. The molecule has 1 aliphatic rings. The van der Waals surface area contributed by atoms with Gasteiger partial charge in [0.1, 0.15) is 12.4 Å². The zero-order valence-corrected chi connectivity index (χ0v) is 16.5. The normalized spacial score (nSPS) is 16.7. The Bertz CT molecular complexity index is 742. The first-order valence-electron chi connectivity index (χ1n) is 9.47. The molecule has 5 heteroatoms. The fourth-order valence-corrected chi connectivity index (χ4v) is 3.83. The van der Waals surface area contributed by atoms with Gasteiger partial charge in [-0.2, -0.15) is 0 Å². The minimum absolute atomic E-state index is 0.106. The van der Waals surface area contributed by atoms with E-state index in [1.54, 1.807) is 0 Å². The lowest BCUT2D eigenvalue weighted by atomic mass is 9.72. The van der Waals surface area contributed by atoms with E-state index in [1.165, 1.54) is 0 Å². The highest BCUT2D eigenvalue weighted by atomic mass is 35.5. The lowest BCUT2D eigenvalue weighted by molar-refractivity contribution is -0.152. The SMILES string of the molecule is CCOC(=O)C1(c2ccccc2)CCN(CCOc2cccc(Cl)c2)CC1. The van der Waals surface area contributed by atoms with Crippen LogP contribution in [0.15, 0.2) is 54.6 Å². The van der Waals surface area contributed by atoms with Crippen molar-refractivity contribution < 1.29 is 14.3 Å². The Morgan fingerprint density at radius 1 is 1.11 bits per heavy atom. The molecule has 1 aliphatic heterocycles. The molecule has 0 radical (unpaired) electrons. The van der Waals surface area contributed by atoms with E-state index in [0.717, 1.165) is 43.8 Å². The first kappa shape index (κ1) is 19.7. The molecule has 0 aromatic heterocycles. The van der Waals surface area contributed by atoms with Gasteiger partial charge in [0.25, 0.3) is 0 Å². The molecule has 0 bridgehead atoms. The molecule has 0 amide bonds. The van der Waals surface area contributed by atoms with Crippen LogP contribution in [0.5, 0.6) is 5.75 Å². The van der Waals surface area contributed by atoms with Gasteiger partial charge in [-0.05, 0) is 56.6 Å². The second-order valence-corrected chi connectivity index (χ2v) is 7.25. The minimum Gasteiger partial charge on any atom is -0.492 e. The highest BCUT2D eigenvalue weighted by Crippen LogP contribution is 2.36. The van der Waals surface area contributed by atoms with Crippen LogP contribution in [-0.4, -0.2) is 43.7 Å². The van der Waals surface area contributed by atoms with E-state index in [0.29, 0.717) is 18.2 Å². The summed E-state index contributed by atoms with van der Waals surface area (Å²) in [6.45, 7) is 5.36. The largest absolute Gasteiger partial charge is 0.492 e. The lowest BCUT2D eigenvalue weighted by Crippen LogP contribution is -2.48. The molecule has 3 rings (SSSR count). The first-order valence-corrected chi connectivity index (χ1v) is 9.85. The average molecular weight is 388 g/mol. The summed E-state index contributed by atoms with van der Waals surface area (Å²) < 4.78 is 11.2. The fraction of sp³-hybridized carbons (Fsp3) is 0.409. The molecule has 27 heavy (non-hydrogen) atoms. The number of rotatable bonds is 7. The van der Waals surface area contributed by atoms with E-state index < -0.39 is 5.41 Å². The van der Waals surface area contributed by atoms with E-state index >= 15 is 0 Å². The van der Waals surface area contributed by atoms with Crippen molar-refractivity contribution in [3.05, 3.63) is 65.2 Å². The van der Waals surface area contributed by atoms with Crippen molar-refractivity contribution in [3.63, 3.8) is 0 Å². The van der Waals surface area contributed by atoms with Crippen molar-refractivity contribution in [1.29, 1.82) is 0 Å². The molecule has 0 aliphatic carbocycles. The van der Waals surface area contributed by atoms with Crippen molar-refractivity contribution in [2.24, 2.45) is 0 Å². The smallest absolute Gasteiger partial charge is 0.316 e. The third kappa shape index (κ3) is 4.82. The van der Waals surface area contributed by atoms with Crippen LogP contribution in [0.2, 0.25) is 5.02 Å². The third-order valence-corrected chi connectivity index (χ3v) is 5.41. The van der Waals surface area contributed by atoms with Crippen LogP contribution < -0.4 is 4.74 Å². The standard InChI is InChI=1S/C22H26ClNO3/c1-2-26-21(25)22(18-7-4-3-5-8-18)11-13-24(14-12-22)15-16-27-20-10-6-9-19(23)17-20/h3-10,17H,2,11-16H2,1H3. The molecule has 0 saturated carbocycles. The summed E-state index contributed by atoms with van der Waals surface area (Å²) in [6, 6.07) is 17.5. The molecule has 2 aromatic rings. The predicted octanol–water partition coefficient (Wildman–Crippen LogP) is 4.32. The first-order chi connectivity index (χ1) is 13.1. The average Bonchev–Trinajstić information content (AvgIpc) is 2.69. The number of likely N-dealkylation sites (tertiary alicyclic amines) is 1.